The zero-order valence-corrected chi connectivity index (χ0v) is 8.69. The van der Waals surface area contributed by atoms with E-state index in [2.05, 4.69) is 9.97 Å². The minimum Gasteiger partial charge on any atom is -0.476 e. The van der Waals surface area contributed by atoms with E-state index < -0.39 is 34.8 Å². The van der Waals surface area contributed by atoms with Crippen molar-refractivity contribution in [1.82, 2.24) is 9.97 Å². The predicted molar refractivity (Wildman–Crippen MR) is 54.3 cm³/mol. The molecule has 1 N–H and O–H groups in total. The third-order valence-electron chi connectivity index (χ3n) is 2.19. The Morgan fingerprint density at radius 3 is 2.44 bits per heavy atom. The van der Waals surface area contributed by atoms with Crippen LogP contribution >= 0.6 is 0 Å². The number of carbonyl (C=O) groups is 1. The normalized spacial score (nSPS) is 10.4. The van der Waals surface area contributed by atoms with Gasteiger partial charge in [-0.25, -0.2) is 27.9 Å². The first-order valence-corrected chi connectivity index (χ1v) is 4.70. The van der Waals surface area contributed by atoms with Gasteiger partial charge in [-0.05, 0) is 18.2 Å². The molecule has 0 bridgehead atoms. The average molecular weight is 254 g/mol. The van der Waals surface area contributed by atoms with Gasteiger partial charge < -0.3 is 5.11 Å². The highest BCUT2D eigenvalue weighted by Gasteiger charge is 2.18. The van der Waals surface area contributed by atoms with Gasteiger partial charge in [0.2, 0.25) is 0 Å². The van der Waals surface area contributed by atoms with Crippen LogP contribution in [0.2, 0.25) is 0 Å². The van der Waals surface area contributed by atoms with E-state index >= 15 is 0 Å². The Labute approximate surface area is 98.7 Å². The molecule has 2 rings (SSSR count). The topological polar surface area (TPSA) is 63.1 Å². The number of benzene rings is 1. The van der Waals surface area contributed by atoms with Gasteiger partial charge in [0.1, 0.15) is 12.0 Å². The molecule has 0 unspecified atom stereocenters. The zero-order chi connectivity index (χ0) is 13.3. The van der Waals surface area contributed by atoms with Crippen molar-refractivity contribution in [2.24, 2.45) is 0 Å². The van der Waals surface area contributed by atoms with Crippen LogP contribution in [0.15, 0.2) is 24.5 Å². The van der Waals surface area contributed by atoms with Crippen molar-refractivity contribution in [3.63, 3.8) is 0 Å². The fraction of sp³-hybridized carbons (Fsp3) is 0. The van der Waals surface area contributed by atoms with Crippen molar-refractivity contribution in [3.8, 4) is 11.3 Å². The van der Waals surface area contributed by atoms with E-state index in [9.17, 15) is 18.0 Å². The summed E-state index contributed by atoms with van der Waals surface area (Å²) in [6.07, 6.45) is 0.836. The second-order valence-corrected chi connectivity index (χ2v) is 3.32. The van der Waals surface area contributed by atoms with Crippen molar-refractivity contribution in [2.75, 3.05) is 0 Å². The molecule has 18 heavy (non-hydrogen) atoms. The van der Waals surface area contributed by atoms with Gasteiger partial charge in [0.25, 0.3) is 0 Å². The Balaban J connectivity index is 2.60. The summed E-state index contributed by atoms with van der Waals surface area (Å²) in [5.41, 5.74) is -1.30. The molecule has 1 aromatic heterocycles. The van der Waals surface area contributed by atoms with E-state index in [1.54, 1.807) is 0 Å². The molecule has 7 heteroatoms. The fourth-order valence-corrected chi connectivity index (χ4v) is 1.36. The minimum absolute atomic E-state index is 0.0729. The van der Waals surface area contributed by atoms with Gasteiger partial charge in [0.15, 0.2) is 23.1 Å². The standard InChI is InChI=1S/C11H5F3N2O2/c12-6-2-1-5(3-7(6)13)9-8(14)10(11(17)18)16-4-15-9/h1-4H,(H,17,18). The first-order chi connectivity index (χ1) is 8.50. The molecule has 1 aromatic carbocycles. The third-order valence-corrected chi connectivity index (χ3v) is 2.19. The third kappa shape index (κ3) is 2.02. The molecule has 0 amide bonds. The predicted octanol–water partition coefficient (Wildman–Crippen LogP) is 2.26. The summed E-state index contributed by atoms with van der Waals surface area (Å²) in [7, 11) is 0. The molecule has 0 saturated carbocycles. The van der Waals surface area contributed by atoms with Crippen LogP contribution < -0.4 is 0 Å². The second kappa shape index (κ2) is 4.44. The minimum atomic E-state index is -1.57. The van der Waals surface area contributed by atoms with Crippen LogP contribution in [-0.2, 0) is 0 Å². The van der Waals surface area contributed by atoms with Crippen molar-refractivity contribution < 1.29 is 23.1 Å². The maximum Gasteiger partial charge on any atom is 0.357 e. The van der Waals surface area contributed by atoms with Crippen LogP contribution in [-0.4, -0.2) is 21.0 Å². The molecule has 0 aliphatic rings. The molecule has 0 saturated heterocycles. The number of aromatic nitrogens is 2. The van der Waals surface area contributed by atoms with Crippen molar-refractivity contribution in [3.05, 3.63) is 47.7 Å². The summed E-state index contributed by atoms with van der Waals surface area (Å²) in [4.78, 5) is 17.4. The second-order valence-electron chi connectivity index (χ2n) is 3.32. The molecule has 0 aliphatic carbocycles. The van der Waals surface area contributed by atoms with Crippen molar-refractivity contribution in [2.45, 2.75) is 0 Å². The van der Waals surface area contributed by atoms with Gasteiger partial charge in [-0.2, -0.15) is 0 Å². The highest BCUT2D eigenvalue weighted by Crippen LogP contribution is 2.23. The van der Waals surface area contributed by atoms with E-state index in [4.69, 9.17) is 5.11 Å². The number of hydrogen-bond donors (Lipinski definition) is 1. The van der Waals surface area contributed by atoms with Crippen LogP contribution in [0.1, 0.15) is 10.5 Å². The number of aromatic carboxylic acids is 1. The van der Waals surface area contributed by atoms with E-state index in [0.717, 1.165) is 24.5 Å². The largest absolute Gasteiger partial charge is 0.476 e. The quantitative estimate of drug-likeness (QED) is 0.892. The monoisotopic (exact) mass is 254 g/mol. The maximum absolute atomic E-state index is 13.7. The smallest absolute Gasteiger partial charge is 0.357 e. The van der Waals surface area contributed by atoms with Gasteiger partial charge in [0, 0.05) is 5.56 Å². The summed E-state index contributed by atoms with van der Waals surface area (Å²) in [5, 5.41) is 8.67. The van der Waals surface area contributed by atoms with Crippen LogP contribution in [0.5, 0.6) is 0 Å². The molecular formula is C11H5F3N2O2. The lowest BCUT2D eigenvalue weighted by molar-refractivity contribution is 0.0684. The Morgan fingerprint density at radius 2 is 1.83 bits per heavy atom. The molecule has 0 aliphatic heterocycles. The highest BCUT2D eigenvalue weighted by atomic mass is 19.2. The van der Waals surface area contributed by atoms with Gasteiger partial charge >= 0.3 is 5.97 Å². The highest BCUT2D eigenvalue weighted by molar-refractivity contribution is 5.87. The molecule has 92 valence electrons. The van der Waals surface area contributed by atoms with E-state index in [-0.39, 0.29) is 5.56 Å². The Bertz CT molecular complexity index is 632. The van der Waals surface area contributed by atoms with Gasteiger partial charge in [0.05, 0.1) is 0 Å². The first kappa shape index (κ1) is 12.0. The Morgan fingerprint density at radius 1 is 1.11 bits per heavy atom. The summed E-state index contributed by atoms with van der Waals surface area (Å²) in [5.74, 6) is -5.04. The molecule has 2 aromatic rings. The molecule has 1 heterocycles. The van der Waals surface area contributed by atoms with Crippen molar-refractivity contribution >= 4 is 5.97 Å². The number of rotatable bonds is 2. The van der Waals surface area contributed by atoms with Crippen LogP contribution in [0.3, 0.4) is 0 Å². The number of carboxylic acids is 1. The zero-order valence-electron chi connectivity index (χ0n) is 8.69. The van der Waals surface area contributed by atoms with E-state index in [1.807, 2.05) is 0 Å². The number of hydrogen-bond acceptors (Lipinski definition) is 3. The SMILES string of the molecule is O=C(O)c1ncnc(-c2ccc(F)c(F)c2)c1F. The summed E-state index contributed by atoms with van der Waals surface area (Å²) >= 11 is 0. The lowest BCUT2D eigenvalue weighted by Gasteiger charge is -2.04. The average Bonchev–Trinajstić information content (AvgIpc) is 2.33. The Hall–Kier alpha value is -2.44. The van der Waals surface area contributed by atoms with E-state index in [1.165, 1.54) is 0 Å². The molecule has 0 fully saturated rings. The maximum atomic E-state index is 13.7. The molecule has 0 spiro atoms. The van der Waals surface area contributed by atoms with Crippen molar-refractivity contribution in [1.29, 1.82) is 0 Å². The lowest BCUT2D eigenvalue weighted by atomic mass is 10.1. The molecular weight excluding hydrogens is 249 g/mol. The van der Waals surface area contributed by atoms with Gasteiger partial charge in [-0.1, -0.05) is 0 Å². The summed E-state index contributed by atoms with van der Waals surface area (Å²) < 4.78 is 39.4. The molecule has 0 atom stereocenters. The fourth-order valence-electron chi connectivity index (χ4n) is 1.36. The van der Waals surface area contributed by atoms with Crippen LogP contribution in [0.25, 0.3) is 11.3 Å². The Kier molecular flexibility index (Phi) is 2.97. The van der Waals surface area contributed by atoms with E-state index in [0.29, 0.717) is 0 Å². The summed E-state index contributed by atoms with van der Waals surface area (Å²) in [6.45, 7) is 0. The number of nitrogens with zero attached hydrogens (tertiary/aromatic N) is 2. The molecule has 4 nitrogen and oxygen atoms in total. The lowest BCUT2D eigenvalue weighted by Crippen LogP contribution is -2.07. The van der Waals surface area contributed by atoms with Gasteiger partial charge in [-0.15, -0.1) is 0 Å². The van der Waals surface area contributed by atoms with Crippen LogP contribution in [0.4, 0.5) is 13.2 Å². The molecule has 0 radical (unpaired) electrons. The summed E-state index contributed by atoms with van der Waals surface area (Å²) in [6, 6.07) is 2.62. The number of halogens is 3. The number of carboxylic acid groups (broad SMARTS) is 1. The first-order valence-electron chi connectivity index (χ1n) is 4.70. The van der Waals surface area contributed by atoms with Gasteiger partial charge in [-0.3, -0.25) is 0 Å². The van der Waals surface area contributed by atoms with Crippen LogP contribution in [0, 0.1) is 17.5 Å².